The summed E-state index contributed by atoms with van der Waals surface area (Å²) in [5, 5.41) is 3.27. The summed E-state index contributed by atoms with van der Waals surface area (Å²) < 4.78 is 0. The zero-order valence-corrected chi connectivity index (χ0v) is 11.7. The molecule has 1 rings (SSSR count). The molecule has 0 spiro atoms. The normalized spacial score (nSPS) is 12.8. The zero-order valence-electron chi connectivity index (χ0n) is 10.8. The van der Waals surface area contributed by atoms with Gasteiger partial charge in [0.1, 0.15) is 0 Å². The summed E-state index contributed by atoms with van der Waals surface area (Å²) >= 11 is 1.97. The predicted octanol–water partition coefficient (Wildman–Crippen LogP) is 3.78. The Morgan fingerprint density at radius 2 is 2.00 bits per heavy atom. The van der Waals surface area contributed by atoms with Crippen molar-refractivity contribution in [2.75, 3.05) is 12.8 Å². The molecule has 0 amide bonds. The van der Waals surface area contributed by atoms with Crippen LogP contribution in [0.25, 0.3) is 0 Å². The molecule has 0 bridgehead atoms. The highest BCUT2D eigenvalue weighted by Crippen LogP contribution is 2.22. The molecule has 1 unspecified atom stereocenters. The van der Waals surface area contributed by atoms with E-state index in [4.69, 9.17) is 0 Å². The number of aryl methyl sites for hydroxylation is 2. The first-order chi connectivity index (χ1) is 7.63. The second kappa shape index (κ2) is 6.97. The highest BCUT2D eigenvalue weighted by atomic mass is 32.2. The number of hydrogen-bond acceptors (Lipinski definition) is 2. The molecule has 0 aliphatic carbocycles. The number of thioether (sulfide) groups is 1. The van der Waals surface area contributed by atoms with E-state index in [0.29, 0.717) is 6.04 Å². The first-order valence-corrected chi connectivity index (χ1v) is 6.99. The van der Waals surface area contributed by atoms with Crippen molar-refractivity contribution >= 4 is 11.8 Å². The molecule has 1 atom stereocenters. The Kier molecular flexibility index (Phi) is 5.93. The highest BCUT2D eigenvalue weighted by molar-refractivity contribution is 7.99. The maximum atomic E-state index is 3.27. The first-order valence-electron chi connectivity index (χ1n) is 6.01. The van der Waals surface area contributed by atoms with Crippen molar-refractivity contribution in [3.05, 3.63) is 29.3 Å². The fourth-order valence-corrected chi connectivity index (χ4v) is 2.50. The van der Waals surface area contributed by atoms with Gasteiger partial charge in [-0.3, -0.25) is 0 Å². The van der Waals surface area contributed by atoms with Crippen LogP contribution in [0.2, 0.25) is 0 Å². The van der Waals surface area contributed by atoms with E-state index >= 15 is 0 Å². The van der Waals surface area contributed by atoms with Gasteiger partial charge in [-0.15, -0.1) is 11.8 Å². The Morgan fingerprint density at radius 1 is 1.25 bits per heavy atom. The van der Waals surface area contributed by atoms with E-state index in [2.05, 4.69) is 44.3 Å². The van der Waals surface area contributed by atoms with Gasteiger partial charge in [0.15, 0.2) is 0 Å². The molecule has 0 aliphatic heterocycles. The molecule has 16 heavy (non-hydrogen) atoms. The molecule has 1 N–H and O–H groups in total. The van der Waals surface area contributed by atoms with Crippen LogP contribution in [0.4, 0.5) is 0 Å². The fourth-order valence-electron chi connectivity index (χ4n) is 1.53. The minimum absolute atomic E-state index is 0.639. The van der Waals surface area contributed by atoms with Gasteiger partial charge in [-0.05, 0) is 69.7 Å². The smallest absolute Gasteiger partial charge is 0.00747 e. The highest BCUT2D eigenvalue weighted by Gasteiger charge is 2.00. The number of hydrogen-bond donors (Lipinski definition) is 1. The molecule has 0 radical (unpaired) electrons. The third-order valence-electron chi connectivity index (χ3n) is 3.02. The van der Waals surface area contributed by atoms with Gasteiger partial charge >= 0.3 is 0 Å². The van der Waals surface area contributed by atoms with Crippen LogP contribution in [0, 0.1) is 13.8 Å². The second-order valence-corrected chi connectivity index (χ2v) is 5.59. The van der Waals surface area contributed by atoms with Crippen molar-refractivity contribution in [2.24, 2.45) is 0 Å². The van der Waals surface area contributed by atoms with Crippen LogP contribution < -0.4 is 5.32 Å². The molecule has 0 fully saturated rings. The molecule has 2 heteroatoms. The van der Waals surface area contributed by atoms with Gasteiger partial charge in [-0.1, -0.05) is 6.07 Å². The van der Waals surface area contributed by atoms with Crippen molar-refractivity contribution in [2.45, 2.75) is 44.6 Å². The van der Waals surface area contributed by atoms with Gasteiger partial charge in [0, 0.05) is 10.9 Å². The van der Waals surface area contributed by atoms with Gasteiger partial charge < -0.3 is 5.32 Å². The summed E-state index contributed by atoms with van der Waals surface area (Å²) in [6.07, 6.45) is 2.54. The first kappa shape index (κ1) is 13.6. The Balaban J connectivity index is 2.29. The maximum Gasteiger partial charge on any atom is 0.00747 e. The van der Waals surface area contributed by atoms with Crippen molar-refractivity contribution in [1.29, 1.82) is 0 Å². The van der Waals surface area contributed by atoms with Crippen LogP contribution >= 0.6 is 11.8 Å². The number of nitrogens with one attached hydrogen (secondary N) is 1. The Hall–Kier alpha value is -0.470. The standard InChI is InChI=1S/C14H23NS/c1-11-7-8-14(10-12(11)2)16-9-5-6-13(3)15-4/h7-8,10,13,15H,5-6,9H2,1-4H3. The van der Waals surface area contributed by atoms with Crippen molar-refractivity contribution in [3.8, 4) is 0 Å². The number of benzene rings is 1. The average Bonchev–Trinajstić information content (AvgIpc) is 2.28. The molecule has 0 saturated carbocycles. The monoisotopic (exact) mass is 237 g/mol. The largest absolute Gasteiger partial charge is 0.317 e. The summed E-state index contributed by atoms with van der Waals surface area (Å²) in [6, 6.07) is 7.38. The van der Waals surface area contributed by atoms with Crippen LogP contribution in [0.5, 0.6) is 0 Å². The quantitative estimate of drug-likeness (QED) is 0.597. The second-order valence-electron chi connectivity index (χ2n) is 4.43. The lowest BCUT2D eigenvalue weighted by Gasteiger charge is -2.09. The van der Waals surface area contributed by atoms with Crippen LogP contribution in [-0.4, -0.2) is 18.8 Å². The molecule has 90 valence electrons. The van der Waals surface area contributed by atoms with Crippen LogP contribution in [0.1, 0.15) is 30.9 Å². The predicted molar refractivity (Wildman–Crippen MR) is 74.4 cm³/mol. The SMILES string of the molecule is CNC(C)CCCSc1ccc(C)c(C)c1. The van der Waals surface area contributed by atoms with Gasteiger partial charge in [-0.2, -0.15) is 0 Å². The molecule has 1 aromatic rings. The summed E-state index contributed by atoms with van der Waals surface area (Å²) in [4.78, 5) is 1.40. The van der Waals surface area contributed by atoms with Crippen LogP contribution in [0.3, 0.4) is 0 Å². The van der Waals surface area contributed by atoms with E-state index < -0.39 is 0 Å². The van der Waals surface area contributed by atoms with Gasteiger partial charge in [0.05, 0.1) is 0 Å². The molecule has 0 aromatic heterocycles. The molecular weight excluding hydrogens is 214 g/mol. The molecule has 0 saturated heterocycles. The Bertz CT molecular complexity index is 323. The molecular formula is C14H23NS. The lowest BCUT2D eigenvalue weighted by Crippen LogP contribution is -2.20. The topological polar surface area (TPSA) is 12.0 Å². The average molecular weight is 237 g/mol. The van der Waals surface area contributed by atoms with E-state index in [1.807, 2.05) is 18.8 Å². The Morgan fingerprint density at radius 3 is 2.62 bits per heavy atom. The molecule has 1 aromatic carbocycles. The van der Waals surface area contributed by atoms with Crippen LogP contribution in [0.15, 0.2) is 23.1 Å². The summed E-state index contributed by atoms with van der Waals surface area (Å²) in [5.41, 5.74) is 2.78. The minimum atomic E-state index is 0.639. The van der Waals surface area contributed by atoms with E-state index in [1.54, 1.807) is 0 Å². The Labute approximate surface area is 104 Å². The van der Waals surface area contributed by atoms with Gasteiger partial charge in [-0.25, -0.2) is 0 Å². The van der Waals surface area contributed by atoms with E-state index in [1.165, 1.54) is 34.6 Å². The lowest BCUT2D eigenvalue weighted by atomic mass is 10.1. The van der Waals surface area contributed by atoms with Crippen molar-refractivity contribution < 1.29 is 0 Å². The molecule has 0 aliphatic rings. The summed E-state index contributed by atoms with van der Waals surface area (Å²) in [5.74, 6) is 1.22. The van der Waals surface area contributed by atoms with E-state index in [0.717, 1.165) is 0 Å². The minimum Gasteiger partial charge on any atom is -0.317 e. The fraction of sp³-hybridized carbons (Fsp3) is 0.571. The maximum absolute atomic E-state index is 3.27. The van der Waals surface area contributed by atoms with Gasteiger partial charge in [0.2, 0.25) is 0 Å². The van der Waals surface area contributed by atoms with E-state index in [9.17, 15) is 0 Å². The third kappa shape index (κ3) is 4.58. The molecule has 1 nitrogen and oxygen atoms in total. The van der Waals surface area contributed by atoms with Crippen molar-refractivity contribution in [1.82, 2.24) is 5.32 Å². The zero-order chi connectivity index (χ0) is 12.0. The number of rotatable bonds is 6. The molecule has 0 heterocycles. The van der Waals surface area contributed by atoms with Crippen molar-refractivity contribution in [3.63, 3.8) is 0 Å². The summed E-state index contributed by atoms with van der Waals surface area (Å²) in [7, 11) is 2.03. The summed E-state index contributed by atoms with van der Waals surface area (Å²) in [6.45, 7) is 6.58. The van der Waals surface area contributed by atoms with Crippen LogP contribution in [-0.2, 0) is 0 Å². The third-order valence-corrected chi connectivity index (χ3v) is 4.10. The lowest BCUT2D eigenvalue weighted by molar-refractivity contribution is 0.559. The van der Waals surface area contributed by atoms with Gasteiger partial charge in [0.25, 0.3) is 0 Å². The van der Waals surface area contributed by atoms with E-state index in [-0.39, 0.29) is 0 Å².